The molecule has 120 valence electrons. The zero-order valence-electron chi connectivity index (χ0n) is 13.3. The standard InChI is InChI=1S/C19H20O4/c1-13(2)11-16-15(19(21)22-3)9-10-17(18(16)20)23-12-14-7-5-4-6-8-14/h4-10,20H,1,11-12H2,2-3H3. The van der Waals surface area contributed by atoms with E-state index in [-0.39, 0.29) is 5.75 Å². The predicted molar refractivity (Wildman–Crippen MR) is 88.7 cm³/mol. The summed E-state index contributed by atoms with van der Waals surface area (Å²) in [5, 5.41) is 10.5. The molecule has 2 aromatic carbocycles. The minimum absolute atomic E-state index is 0.0492. The van der Waals surface area contributed by atoms with E-state index in [0.29, 0.717) is 29.9 Å². The number of benzene rings is 2. The van der Waals surface area contributed by atoms with E-state index in [4.69, 9.17) is 9.47 Å². The molecule has 0 spiro atoms. The van der Waals surface area contributed by atoms with Crippen molar-refractivity contribution in [2.75, 3.05) is 7.11 Å². The molecule has 4 heteroatoms. The normalized spacial score (nSPS) is 10.2. The van der Waals surface area contributed by atoms with Gasteiger partial charge in [-0.05, 0) is 31.0 Å². The molecule has 1 N–H and O–H groups in total. The van der Waals surface area contributed by atoms with Gasteiger partial charge in [0.15, 0.2) is 11.5 Å². The summed E-state index contributed by atoms with van der Waals surface area (Å²) in [6, 6.07) is 12.8. The molecule has 0 saturated heterocycles. The lowest BCUT2D eigenvalue weighted by molar-refractivity contribution is 0.0599. The molecule has 0 unspecified atom stereocenters. The third-order valence-corrected chi connectivity index (χ3v) is 3.37. The quantitative estimate of drug-likeness (QED) is 0.650. The average molecular weight is 312 g/mol. The van der Waals surface area contributed by atoms with Gasteiger partial charge in [0.1, 0.15) is 6.61 Å². The molecule has 23 heavy (non-hydrogen) atoms. The Morgan fingerprint density at radius 3 is 2.48 bits per heavy atom. The van der Waals surface area contributed by atoms with Crippen molar-refractivity contribution in [3.8, 4) is 11.5 Å². The van der Waals surface area contributed by atoms with Crippen molar-refractivity contribution in [1.82, 2.24) is 0 Å². The minimum atomic E-state index is -0.494. The largest absolute Gasteiger partial charge is 0.504 e. The van der Waals surface area contributed by atoms with Crippen LogP contribution in [-0.2, 0) is 17.8 Å². The van der Waals surface area contributed by atoms with Crippen LogP contribution in [0.4, 0.5) is 0 Å². The Hall–Kier alpha value is -2.75. The van der Waals surface area contributed by atoms with Crippen molar-refractivity contribution < 1.29 is 19.4 Å². The molecule has 2 rings (SSSR count). The topological polar surface area (TPSA) is 55.8 Å². The number of carbonyl (C=O) groups excluding carboxylic acids is 1. The lowest BCUT2D eigenvalue weighted by atomic mass is 9.99. The molecule has 4 nitrogen and oxygen atoms in total. The predicted octanol–water partition coefficient (Wildman–Crippen LogP) is 3.88. The fraction of sp³-hybridized carbons (Fsp3) is 0.211. The Bertz CT molecular complexity index is 705. The first-order chi connectivity index (χ1) is 11.0. The number of aromatic hydroxyl groups is 1. The van der Waals surface area contributed by atoms with Crippen LogP contribution >= 0.6 is 0 Å². The first kappa shape index (κ1) is 16.6. The van der Waals surface area contributed by atoms with Gasteiger partial charge in [-0.15, -0.1) is 0 Å². The first-order valence-electron chi connectivity index (χ1n) is 7.27. The van der Waals surface area contributed by atoms with Crippen LogP contribution in [0.1, 0.15) is 28.4 Å². The van der Waals surface area contributed by atoms with E-state index in [2.05, 4.69) is 6.58 Å². The lowest BCUT2D eigenvalue weighted by Gasteiger charge is -2.14. The van der Waals surface area contributed by atoms with Crippen LogP contribution in [-0.4, -0.2) is 18.2 Å². The molecule has 0 radical (unpaired) electrons. The Labute approximate surface area is 136 Å². The summed E-state index contributed by atoms with van der Waals surface area (Å²) in [6.07, 6.45) is 0.374. The number of phenols is 1. The first-order valence-corrected chi connectivity index (χ1v) is 7.27. The molecule has 0 amide bonds. The summed E-state index contributed by atoms with van der Waals surface area (Å²) in [4.78, 5) is 11.9. The van der Waals surface area contributed by atoms with E-state index >= 15 is 0 Å². The summed E-state index contributed by atoms with van der Waals surface area (Å²) in [5.74, 6) is -0.212. The van der Waals surface area contributed by atoms with Gasteiger partial charge >= 0.3 is 5.97 Å². The summed E-state index contributed by atoms with van der Waals surface area (Å²) in [7, 11) is 1.31. The van der Waals surface area contributed by atoms with Crippen LogP contribution < -0.4 is 4.74 Å². The Morgan fingerprint density at radius 2 is 1.87 bits per heavy atom. The van der Waals surface area contributed by atoms with E-state index in [1.54, 1.807) is 12.1 Å². The molecular weight excluding hydrogens is 292 g/mol. The van der Waals surface area contributed by atoms with Gasteiger partial charge in [0.05, 0.1) is 12.7 Å². The molecule has 0 saturated carbocycles. The van der Waals surface area contributed by atoms with Crippen LogP contribution in [0.25, 0.3) is 0 Å². The highest BCUT2D eigenvalue weighted by Gasteiger charge is 2.19. The van der Waals surface area contributed by atoms with Crippen LogP contribution in [0.3, 0.4) is 0 Å². The monoisotopic (exact) mass is 312 g/mol. The fourth-order valence-electron chi connectivity index (χ4n) is 2.25. The fourth-order valence-corrected chi connectivity index (χ4v) is 2.25. The van der Waals surface area contributed by atoms with Gasteiger partial charge in [-0.3, -0.25) is 0 Å². The maximum Gasteiger partial charge on any atom is 0.338 e. The van der Waals surface area contributed by atoms with Crippen molar-refractivity contribution in [3.05, 3.63) is 71.3 Å². The third-order valence-electron chi connectivity index (χ3n) is 3.37. The van der Waals surface area contributed by atoms with Crippen molar-refractivity contribution in [2.45, 2.75) is 20.0 Å². The highest BCUT2D eigenvalue weighted by Crippen LogP contribution is 2.34. The number of allylic oxidation sites excluding steroid dienone is 1. The SMILES string of the molecule is C=C(C)Cc1c(C(=O)OC)ccc(OCc2ccccc2)c1O. The number of hydrogen-bond acceptors (Lipinski definition) is 4. The van der Waals surface area contributed by atoms with Crippen LogP contribution in [0, 0.1) is 0 Å². The second kappa shape index (κ2) is 7.49. The summed E-state index contributed by atoms with van der Waals surface area (Å²) in [5.41, 5.74) is 2.60. The zero-order valence-corrected chi connectivity index (χ0v) is 13.3. The molecule has 0 fully saturated rings. The van der Waals surface area contributed by atoms with Crippen LogP contribution in [0.2, 0.25) is 0 Å². The second-order valence-electron chi connectivity index (χ2n) is 5.34. The van der Waals surface area contributed by atoms with Crippen LogP contribution in [0.15, 0.2) is 54.6 Å². The Kier molecular flexibility index (Phi) is 5.41. The van der Waals surface area contributed by atoms with Gasteiger partial charge in [-0.25, -0.2) is 4.79 Å². The minimum Gasteiger partial charge on any atom is -0.504 e. The average Bonchev–Trinajstić information content (AvgIpc) is 2.55. The van der Waals surface area contributed by atoms with E-state index in [1.165, 1.54) is 7.11 Å². The van der Waals surface area contributed by atoms with Crippen molar-refractivity contribution in [3.63, 3.8) is 0 Å². The maximum absolute atomic E-state index is 11.9. The molecule has 0 aliphatic carbocycles. The number of hydrogen-bond donors (Lipinski definition) is 1. The van der Waals surface area contributed by atoms with Gasteiger partial charge in [0.25, 0.3) is 0 Å². The highest BCUT2D eigenvalue weighted by atomic mass is 16.5. The van der Waals surface area contributed by atoms with Crippen LogP contribution in [0.5, 0.6) is 11.5 Å². The van der Waals surface area contributed by atoms with E-state index in [9.17, 15) is 9.90 Å². The van der Waals surface area contributed by atoms with Gasteiger partial charge in [-0.1, -0.05) is 42.5 Å². The third kappa shape index (κ3) is 4.13. The molecule has 0 aromatic heterocycles. The summed E-state index contributed by atoms with van der Waals surface area (Å²) < 4.78 is 10.4. The van der Waals surface area contributed by atoms with Gasteiger partial charge < -0.3 is 14.6 Å². The molecule has 2 aromatic rings. The number of phenolic OH excluding ortho intramolecular Hbond substituents is 1. The number of methoxy groups -OCH3 is 1. The Morgan fingerprint density at radius 1 is 1.17 bits per heavy atom. The van der Waals surface area contributed by atoms with Gasteiger partial charge in [0.2, 0.25) is 0 Å². The van der Waals surface area contributed by atoms with Gasteiger partial charge in [0, 0.05) is 5.56 Å². The van der Waals surface area contributed by atoms with E-state index in [0.717, 1.165) is 11.1 Å². The Balaban J connectivity index is 2.30. The van der Waals surface area contributed by atoms with Crippen molar-refractivity contribution >= 4 is 5.97 Å². The van der Waals surface area contributed by atoms with Gasteiger partial charge in [-0.2, -0.15) is 0 Å². The number of rotatable bonds is 6. The maximum atomic E-state index is 11.9. The molecular formula is C19H20O4. The van der Waals surface area contributed by atoms with Crippen molar-refractivity contribution in [2.24, 2.45) is 0 Å². The smallest absolute Gasteiger partial charge is 0.338 e. The number of ether oxygens (including phenoxy) is 2. The summed E-state index contributed by atoms with van der Waals surface area (Å²) in [6.45, 7) is 6.00. The second-order valence-corrected chi connectivity index (χ2v) is 5.34. The highest BCUT2D eigenvalue weighted by molar-refractivity contribution is 5.92. The zero-order chi connectivity index (χ0) is 16.8. The lowest BCUT2D eigenvalue weighted by Crippen LogP contribution is -2.07. The molecule has 0 heterocycles. The van der Waals surface area contributed by atoms with E-state index < -0.39 is 5.97 Å². The molecule has 0 bridgehead atoms. The molecule has 0 aliphatic heterocycles. The van der Waals surface area contributed by atoms with E-state index in [1.807, 2.05) is 37.3 Å². The number of carbonyl (C=O) groups is 1. The number of esters is 1. The molecule has 0 aliphatic rings. The van der Waals surface area contributed by atoms with Crippen molar-refractivity contribution in [1.29, 1.82) is 0 Å². The molecule has 0 atom stereocenters. The summed E-state index contributed by atoms with van der Waals surface area (Å²) >= 11 is 0.